The van der Waals surface area contributed by atoms with Gasteiger partial charge < -0.3 is 10.5 Å². The first-order chi connectivity index (χ1) is 15.3. The third-order valence-electron chi connectivity index (χ3n) is 5.81. The maximum absolute atomic E-state index is 13.2. The Bertz CT molecular complexity index is 1280. The van der Waals surface area contributed by atoms with Gasteiger partial charge in [0.05, 0.1) is 10.5 Å². The molecule has 32 heavy (non-hydrogen) atoms. The summed E-state index contributed by atoms with van der Waals surface area (Å²) in [6.45, 7) is 6.70. The molecule has 2 heterocycles. The predicted octanol–water partition coefficient (Wildman–Crippen LogP) is 2.80. The number of rotatable bonds is 5. The van der Waals surface area contributed by atoms with Gasteiger partial charge in [-0.25, -0.2) is 13.3 Å². The fraction of sp³-hybridized carbons (Fsp3) is 0.333. The van der Waals surface area contributed by atoms with Gasteiger partial charge in [0.25, 0.3) is 5.56 Å². The second kappa shape index (κ2) is 8.97. The molecule has 0 radical (unpaired) electrons. The molecule has 2 atom stereocenters. The topological polar surface area (TPSA) is 94.6 Å². The third-order valence-corrected chi connectivity index (χ3v) is 7.33. The van der Waals surface area contributed by atoms with Crippen molar-refractivity contribution < 1.29 is 13.7 Å². The lowest BCUT2D eigenvalue weighted by Crippen LogP contribution is -2.29. The van der Waals surface area contributed by atoms with E-state index in [1.165, 1.54) is 4.57 Å². The first kappa shape index (κ1) is 22.4. The van der Waals surface area contributed by atoms with Crippen LogP contribution in [0.5, 0.6) is 0 Å². The van der Waals surface area contributed by atoms with E-state index in [0.717, 1.165) is 23.1 Å². The zero-order valence-corrected chi connectivity index (χ0v) is 19.3. The lowest BCUT2D eigenvalue weighted by atomic mass is 10.1. The van der Waals surface area contributed by atoms with Crippen LogP contribution in [0.2, 0.25) is 0 Å². The Balaban J connectivity index is 1.63. The van der Waals surface area contributed by atoms with E-state index in [1.807, 2.05) is 37.2 Å². The van der Waals surface area contributed by atoms with Gasteiger partial charge in [-0.2, -0.15) is 0 Å². The van der Waals surface area contributed by atoms with Gasteiger partial charge in [0.2, 0.25) is 0 Å². The maximum Gasteiger partial charge on any atom is 0.340 e. The number of benzene rings is 2. The zero-order valence-electron chi connectivity index (χ0n) is 18.5. The number of hydrogen-bond acceptors (Lipinski definition) is 5. The van der Waals surface area contributed by atoms with Crippen LogP contribution in [-0.4, -0.2) is 38.2 Å². The minimum atomic E-state index is -1.40. The van der Waals surface area contributed by atoms with Gasteiger partial charge in [-0.05, 0) is 56.5 Å². The van der Waals surface area contributed by atoms with Crippen LogP contribution < -0.4 is 11.3 Å². The molecule has 0 saturated carbocycles. The molecule has 168 valence electrons. The number of nitrogens with zero attached hydrogens (tertiary/aromatic N) is 2. The summed E-state index contributed by atoms with van der Waals surface area (Å²) in [5.41, 5.74) is 8.82. The largest absolute Gasteiger partial charge is 0.440 e. The van der Waals surface area contributed by atoms with Crippen molar-refractivity contribution in [3.8, 4) is 0 Å². The van der Waals surface area contributed by atoms with Crippen molar-refractivity contribution in [2.75, 3.05) is 13.1 Å². The van der Waals surface area contributed by atoms with E-state index in [-0.39, 0.29) is 18.3 Å². The summed E-state index contributed by atoms with van der Waals surface area (Å²) in [5.74, 6) is -0.479. The summed E-state index contributed by atoms with van der Waals surface area (Å²) in [5, 5.41) is 1.12. The van der Waals surface area contributed by atoms with Gasteiger partial charge in [-0.1, -0.05) is 23.8 Å². The van der Waals surface area contributed by atoms with E-state index in [9.17, 15) is 13.8 Å². The average Bonchev–Trinajstić information content (AvgIpc) is 3.20. The van der Waals surface area contributed by atoms with Crippen LogP contribution in [0.1, 0.15) is 33.5 Å². The lowest BCUT2D eigenvalue weighted by molar-refractivity contribution is 0.0365. The van der Waals surface area contributed by atoms with Crippen molar-refractivity contribution in [2.24, 2.45) is 5.73 Å². The van der Waals surface area contributed by atoms with E-state index >= 15 is 0 Å². The Morgan fingerprint density at radius 3 is 2.66 bits per heavy atom. The molecule has 1 fully saturated rings. The fourth-order valence-corrected chi connectivity index (χ4v) is 5.68. The number of aryl methyl sites for hydroxylation is 3. The number of carbonyl (C=O) groups is 1. The molecule has 0 aliphatic carbocycles. The summed E-state index contributed by atoms with van der Waals surface area (Å²) in [6.07, 6.45) is 2.45. The van der Waals surface area contributed by atoms with E-state index in [0.29, 0.717) is 34.3 Å². The summed E-state index contributed by atoms with van der Waals surface area (Å²) >= 11 is 0. The molecule has 2 aromatic carbocycles. The van der Waals surface area contributed by atoms with E-state index in [1.54, 1.807) is 30.5 Å². The molecule has 1 unspecified atom stereocenters. The van der Waals surface area contributed by atoms with Gasteiger partial charge >= 0.3 is 5.97 Å². The molecule has 0 bridgehead atoms. The molecular weight excluding hydrogens is 426 g/mol. The number of ether oxygens (including phenoxy) is 1. The van der Waals surface area contributed by atoms with E-state index < -0.39 is 17.0 Å². The number of aromatic nitrogens is 1. The fourth-order valence-electron chi connectivity index (χ4n) is 4.16. The number of nitrogens with two attached hydrogens (primary N) is 1. The molecule has 7 nitrogen and oxygen atoms in total. The summed E-state index contributed by atoms with van der Waals surface area (Å²) in [7, 11) is -1.40. The van der Waals surface area contributed by atoms with Gasteiger partial charge in [0.1, 0.15) is 11.0 Å². The minimum absolute atomic E-state index is 0.0131. The predicted molar refractivity (Wildman–Crippen MR) is 125 cm³/mol. The minimum Gasteiger partial charge on any atom is -0.440 e. The summed E-state index contributed by atoms with van der Waals surface area (Å²) < 4.78 is 21.8. The molecule has 0 spiro atoms. The molecular formula is C24H27N3O4S. The average molecular weight is 454 g/mol. The van der Waals surface area contributed by atoms with Crippen LogP contribution in [-0.2, 0) is 22.5 Å². The van der Waals surface area contributed by atoms with E-state index in [2.05, 4.69) is 0 Å². The van der Waals surface area contributed by atoms with Crippen LogP contribution in [0.3, 0.4) is 0 Å². The molecule has 1 aliphatic heterocycles. The SMILES string of the molecule is Cc1ccc(C(=O)OCn2cc(C)c3c(S(=O)N4CC[C@H](N)C4)cccc3c2=O)c(C)c1. The molecule has 4 rings (SSSR count). The van der Waals surface area contributed by atoms with Gasteiger partial charge in [-0.15, -0.1) is 0 Å². The maximum atomic E-state index is 13.2. The molecule has 1 saturated heterocycles. The van der Waals surface area contributed by atoms with Crippen molar-refractivity contribution in [3.05, 3.63) is 75.2 Å². The number of hydrogen-bond donors (Lipinski definition) is 1. The van der Waals surface area contributed by atoms with Crippen molar-refractivity contribution in [1.29, 1.82) is 0 Å². The molecule has 3 aromatic rings. The normalized spacial score (nSPS) is 17.6. The second-order valence-corrected chi connectivity index (χ2v) is 9.79. The first-order valence-electron chi connectivity index (χ1n) is 10.6. The van der Waals surface area contributed by atoms with Crippen LogP contribution in [0.25, 0.3) is 10.8 Å². The van der Waals surface area contributed by atoms with Crippen LogP contribution in [0.4, 0.5) is 0 Å². The zero-order chi connectivity index (χ0) is 23.0. The number of fused-ring (bicyclic) bond motifs is 1. The first-order valence-corrected chi connectivity index (χ1v) is 11.7. The highest BCUT2D eigenvalue weighted by atomic mass is 32.2. The van der Waals surface area contributed by atoms with Gasteiger partial charge in [0, 0.05) is 36.1 Å². The van der Waals surface area contributed by atoms with Gasteiger partial charge in [0.15, 0.2) is 6.73 Å². The molecule has 2 N–H and O–H groups in total. The highest BCUT2D eigenvalue weighted by Crippen LogP contribution is 2.26. The Kier molecular flexibility index (Phi) is 6.28. The number of pyridine rings is 1. The summed E-state index contributed by atoms with van der Waals surface area (Å²) in [6, 6.07) is 10.7. The Morgan fingerprint density at radius 1 is 1.19 bits per heavy atom. The molecule has 0 amide bonds. The van der Waals surface area contributed by atoms with Crippen LogP contribution in [0.15, 0.2) is 52.3 Å². The highest BCUT2D eigenvalue weighted by Gasteiger charge is 2.26. The number of carbonyl (C=O) groups excluding carboxylic acids is 1. The second-order valence-electron chi connectivity index (χ2n) is 8.33. The number of esters is 1. The monoisotopic (exact) mass is 453 g/mol. The quantitative estimate of drug-likeness (QED) is 0.600. The lowest BCUT2D eigenvalue weighted by Gasteiger charge is -2.18. The van der Waals surface area contributed by atoms with Crippen molar-refractivity contribution in [1.82, 2.24) is 8.87 Å². The molecule has 1 aliphatic rings. The Labute approximate surface area is 189 Å². The van der Waals surface area contributed by atoms with Crippen LogP contribution >= 0.6 is 0 Å². The smallest absolute Gasteiger partial charge is 0.340 e. The Hall–Kier alpha value is -2.81. The van der Waals surface area contributed by atoms with Crippen molar-refractivity contribution >= 4 is 27.7 Å². The summed E-state index contributed by atoms with van der Waals surface area (Å²) in [4.78, 5) is 26.3. The third kappa shape index (κ3) is 4.26. The highest BCUT2D eigenvalue weighted by molar-refractivity contribution is 7.83. The van der Waals surface area contributed by atoms with Crippen molar-refractivity contribution in [2.45, 2.75) is 44.9 Å². The standard InChI is InChI=1S/C24H27N3O4S/c1-15-7-8-19(16(2)11-15)24(29)31-14-26-12-17(3)22-20(23(26)28)5-4-6-21(22)32(30)27-10-9-18(25)13-27/h4-8,11-12,18H,9-10,13-14,25H2,1-3H3/t18-,32?/m0/s1. The van der Waals surface area contributed by atoms with Crippen LogP contribution in [0, 0.1) is 20.8 Å². The van der Waals surface area contributed by atoms with Crippen molar-refractivity contribution in [3.63, 3.8) is 0 Å². The molecule has 8 heteroatoms. The van der Waals surface area contributed by atoms with E-state index in [4.69, 9.17) is 10.5 Å². The van der Waals surface area contributed by atoms with Gasteiger partial charge in [-0.3, -0.25) is 9.36 Å². The molecule has 1 aromatic heterocycles. The Morgan fingerprint density at radius 2 is 1.97 bits per heavy atom.